The van der Waals surface area contributed by atoms with Crippen LogP contribution in [0.2, 0.25) is 5.02 Å². The Labute approximate surface area is 126 Å². The van der Waals surface area contributed by atoms with Gasteiger partial charge in [-0.15, -0.1) is 0 Å². The highest BCUT2D eigenvalue weighted by molar-refractivity contribution is 9.10. The smallest absolute Gasteiger partial charge is 0.0626 e. The number of aliphatic hydroxyl groups is 1. The second kappa shape index (κ2) is 7.06. The van der Waals surface area contributed by atoms with Gasteiger partial charge in [0.2, 0.25) is 0 Å². The number of rotatable bonds is 5. The van der Waals surface area contributed by atoms with Crippen molar-refractivity contribution in [3.8, 4) is 0 Å². The first-order valence-electron chi connectivity index (χ1n) is 6.04. The largest absolute Gasteiger partial charge is 0.394 e. The van der Waals surface area contributed by atoms with Crippen LogP contribution in [0, 0.1) is 0 Å². The van der Waals surface area contributed by atoms with Gasteiger partial charge in [-0.1, -0.05) is 57.9 Å². The maximum atomic E-state index is 9.48. The molecule has 0 heterocycles. The number of hydrogen-bond acceptors (Lipinski definition) is 2. The zero-order valence-electron chi connectivity index (χ0n) is 10.3. The number of nitrogens with one attached hydrogen (secondary N) is 1. The SMILES string of the molecule is OC[C@H](NCc1cc(Cl)ccc1Br)c1ccccc1. The summed E-state index contributed by atoms with van der Waals surface area (Å²) < 4.78 is 1.01. The first kappa shape index (κ1) is 14.5. The van der Waals surface area contributed by atoms with Crippen molar-refractivity contribution >= 4 is 27.5 Å². The second-order valence-corrected chi connectivity index (χ2v) is 5.55. The molecular formula is C15H15BrClNO. The Morgan fingerprint density at radius 1 is 1.16 bits per heavy atom. The second-order valence-electron chi connectivity index (χ2n) is 4.26. The molecule has 0 aliphatic rings. The summed E-state index contributed by atoms with van der Waals surface area (Å²) in [6, 6.07) is 15.5. The highest BCUT2D eigenvalue weighted by atomic mass is 79.9. The lowest BCUT2D eigenvalue weighted by Crippen LogP contribution is -2.24. The van der Waals surface area contributed by atoms with Gasteiger partial charge in [-0.05, 0) is 29.3 Å². The molecule has 0 bridgehead atoms. The van der Waals surface area contributed by atoms with E-state index in [9.17, 15) is 5.11 Å². The molecular weight excluding hydrogens is 326 g/mol. The van der Waals surface area contributed by atoms with E-state index in [4.69, 9.17) is 11.6 Å². The van der Waals surface area contributed by atoms with E-state index in [0.29, 0.717) is 11.6 Å². The van der Waals surface area contributed by atoms with Crippen molar-refractivity contribution < 1.29 is 5.11 Å². The predicted octanol–water partition coefficient (Wildman–Crippen LogP) is 3.93. The Morgan fingerprint density at radius 2 is 1.89 bits per heavy atom. The molecule has 1 atom stereocenters. The summed E-state index contributed by atoms with van der Waals surface area (Å²) in [5, 5.41) is 13.5. The molecule has 0 aromatic heterocycles. The van der Waals surface area contributed by atoms with Gasteiger partial charge in [-0.2, -0.15) is 0 Å². The van der Waals surface area contributed by atoms with Crippen LogP contribution < -0.4 is 5.32 Å². The zero-order chi connectivity index (χ0) is 13.7. The van der Waals surface area contributed by atoms with E-state index >= 15 is 0 Å². The summed E-state index contributed by atoms with van der Waals surface area (Å²) in [5.41, 5.74) is 2.14. The van der Waals surface area contributed by atoms with Crippen molar-refractivity contribution in [1.29, 1.82) is 0 Å². The molecule has 0 aliphatic heterocycles. The van der Waals surface area contributed by atoms with Crippen LogP contribution >= 0.6 is 27.5 Å². The molecule has 0 spiro atoms. The van der Waals surface area contributed by atoms with Gasteiger partial charge in [0.15, 0.2) is 0 Å². The molecule has 0 saturated heterocycles. The minimum atomic E-state index is -0.0768. The van der Waals surface area contributed by atoms with E-state index in [1.165, 1.54) is 0 Å². The van der Waals surface area contributed by atoms with Gasteiger partial charge >= 0.3 is 0 Å². The van der Waals surface area contributed by atoms with Gasteiger partial charge in [0.05, 0.1) is 12.6 Å². The highest BCUT2D eigenvalue weighted by Crippen LogP contribution is 2.22. The third-order valence-corrected chi connectivity index (χ3v) is 3.94. The van der Waals surface area contributed by atoms with Crippen molar-refractivity contribution in [2.24, 2.45) is 0 Å². The summed E-state index contributed by atoms with van der Waals surface area (Å²) in [6.45, 7) is 0.698. The van der Waals surface area contributed by atoms with Crippen molar-refractivity contribution in [3.63, 3.8) is 0 Å². The van der Waals surface area contributed by atoms with E-state index in [1.807, 2.05) is 48.5 Å². The Kier molecular flexibility index (Phi) is 5.40. The van der Waals surface area contributed by atoms with Gasteiger partial charge in [0, 0.05) is 16.0 Å². The van der Waals surface area contributed by atoms with Crippen LogP contribution in [0.3, 0.4) is 0 Å². The summed E-state index contributed by atoms with van der Waals surface area (Å²) >= 11 is 9.48. The normalized spacial score (nSPS) is 12.4. The monoisotopic (exact) mass is 339 g/mol. The van der Waals surface area contributed by atoms with Gasteiger partial charge in [0.25, 0.3) is 0 Å². The average Bonchev–Trinajstić information content (AvgIpc) is 2.44. The Hall–Kier alpha value is -0.870. The van der Waals surface area contributed by atoms with E-state index < -0.39 is 0 Å². The molecule has 4 heteroatoms. The minimum absolute atomic E-state index is 0.0577. The molecule has 2 nitrogen and oxygen atoms in total. The molecule has 19 heavy (non-hydrogen) atoms. The topological polar surface area (TPSA) is 32.3 Å². The Bertz CT molecular complexity index is 533. The van der Waals surface area contributed by atoms with Crippen molar-refractivity contribution in [3.05, 3.63) is 69.2 Å². The lowest BCUT2D eigenvalue weighted by molar-refractivity contribution is 0.243. The highest BCUT2D eigenvalue weighted by Gasteiger charge is 2.10. The van der Waals surface area contributed by atoms with E-state index in [1.54, 1.807) is 0 Å². The van der Waals surface area contributed by atoms with Gasteiger partial charge in [-0.25, -0.2) is 0 Å². The average molecular weight is 341 g/mol. The quantitative estimate of drug-likeness (QED) is 0.864. The molecule has 2 aromatic carbocycles. The van der Waals surface area contributed by atoms with Crippen molar-refractivity contribution in [2.75, 3.05) is 6.61 Å². The third-order valence-electron chi connectivity index (χ3n) is 2.93. The fourth-order valence-electron chi connectivity index (χ4n) is 1.89. The minimum Gasteiger partial charge on any atom is -0.394 e. The molecule has 0 aliphatic carbocycles. The Morgan fingerprint density at radius 3 is 2.58 bits per heavy atom. The van der Waals surface area contributed by atoms with Crippen molar-refractivity contribution in [2.45, 2.75) is 12.6 Å². The van der Waals surface area contributed by atoms with E-state index in [2.05, 4.69) is 21.2 Å². The lowest BCUT2D eigenvalue weighted by atomic mass is 10.1. The zero-order valence-corrected chi connectivity index (χ0v) is 12.7. The van der Waals surface area contributed by atoms with Crippen LogP contribution in [-0.4, -0.2) is 11.7 Å². The summed E-state index contributed by atoms with van der Waals surface area (Å²) in [6.07, 6.45) is 0. The maximum absolute atomic E-state index is 9.48. The van der Waals surface area contributed by atoms with E-state index in [-0.39, 0.29) is 12.6 Å². The predicted molar refractivity (Wildman–Crippen MR) is 82.3 cm³/mol. The number of aliphatic hydroxyl groups excluding tert-OH is 1. The number of hydrogen-bond donors (Lipinski definition) is 2. The molecule has 0 amide bonds. The molecule has 100 valence electrons. The maximum Gasteiger partial charge on any atom is 0.0626 e. The van der Waals surface area contributed by atoms with Crippen LogP contribution in [-0.2, 0) is 6.54 Å². The molecule has 0 saturated carbocycles. The number of benzene rings is 2. The molecule has 2 rings (SSSR count). The van der Waals surface area contributed by atoms with Crippen LogP contribution in [0.1, 0.15) is 17.2 Å². The van der Waals surface area contributed by atoms with Gasteiger partial charge < -0.3 is 10.4 Å². The summed E-state index contributed by atoms with van der Waals surface area (Å²) in [4.78, 5) is 0. The van der Waals surface area contributed by atoms with Crippen LogP contribution in [0.4, 0.5) is 0 Å². The van der Waals surface area contributed by atoms with Crippen LogP contribution in [0.25, 0.3) is 0 Å². The molecule has 2 aromatic rings. The Balaban J connectivity index is 2.06. The summed E-state index contributed by atoms with van der Waals surface area (Å²) in [5.74, 6) is 0. The lowest BCUT2D eigenvalue weighted by Gasteiger charge is -2.17. The van der Waals surface area contributed by atoms with Crippen LogP contribution in [0.15, 0.2) is 53.0 Å². The third kappa shape index (κ3) is 4.05. The first-order valence-corrected chi connectivity index (χ1v) is 7.21. The van der Waals surface area contributed by atoms with E-state index in [0.717, 1.165) is 15.6 Å². The number of halogens is 2. The molecule has 0 unspecified atom stereocenters. The standard InChI is InChI=1S/C15H15BrClNO/c16-14-7-6-13(17)8-12(14)9-18-15(10-19)11-4-2-1-3-5-11/h1-8,15,18-19H,9-10H2/t15-/m0/s1. The fraction of sp³-hybridized carbons (Fsp3) is 0.200. The molecule has 0 radical (unpaired) electrons. The van der Waals surface area contributed by atoms with Gasteiger partial charge in [0.1, 0.15) is 0 Å². The van der Waals surface area contributed by atoms with Crippen LogP contribution in [0.5, 0.6) is 0 Å². The molecule has 0 fully saturated rings. The summed E-state index contributed by atoms with van der Waals surface area (Å²) in [7, 11) is 0. The first-order chi connectivity index (χ1) is 9.20. The fourth-order valence-corrected chi connectivity index (χ4v) is 2.47. The molecule has 2 N–H and O–H groups in total. The van der Waals surface area contributed by atoms with Gasteiger partial charge in [-0.3, -0.25) is 0 Å². The van der Waals surface area contributed by atoms with Crippen molar-refractivity contribution in [1.82, 2.24) is 5.32 Å².